The van der Waals surface area contributed by atoms with E-state index in [2.05, 4.69) is 0 Å². The molecule has 4 rings (SSSR count). The molecule has 2 heterocycles. The van der Waals surface area contributed by atoms with E-state index < -0.39 is 37.7 Å². The van der Waals surface area contributed by atoms with E-state index in [0.29, 0.717) is 26.1 Å². The van der Waals surface area contributed by atoms with E-state index in [-0.39, 0.29) is 19.5 Å². The molecule has 2 aromatic carbocycles. The van der Waals surface area contributed by atoms with Crippen LogP contribution in [0.1, 0.15) is 23.0 Å². The third-order valence-corrected chi connectivity index (χ3v) is 5.55. The lowest BCUT2D eigenvalue weighted by atomic mass is 10.1. The summed E-state index contributed by atoms with van der Waals surface area (Å²) in [5.74, 6) is 0. The number of alkyl halides is 3. The molecule has 0 radical (unpaired) electrons. The highest BCUT2D eigenvalue weighted by Gasteiger charge is 2.33. The lowest BCUT2D eigenvalue weighted by molar-refractivity contribution is -0.137. The summed E-state index contributed by atoms with van der Waals surface area (Å²) in [6.45, 7) is -11.8. The Hall–Kier alpha value is -1.70. The van der Waals surface area contributed by atoms with E-state index in [1.165, 1.54) is 17.8 Å². The number of benzene rings is 2. The van der Waals surface area contributed by atoms with Gasteiger partial charge < -0.3 is 14.7 Å². The van der Waals surface area contributed by atoms with Gasteiger partial charge in [-0.15, -0.1) is 0 Å². The number of para-hydroxylation sites is 1. The Morgan fingerprint density at radius 2 is 1.68 bits per heavy atom. The SMILES string of the molecule is [2H]C1([2H])N(C)C([2H])([2H])C([2H])([2H])N(CCCN2c3ccccc3Sc3ccc(C(F)(F)F)cc32)C1([2H])[2H]. The summed E-state index contributed by atoms with van der Waals surface area (Å²) in [5.41, 5.74) is 0.132. The average molecular weight is 416 g/mol. The summed E-state index contributed by atoms with van der Waals surface area (Å²) < 4.78 is 106. The number of rotatable bonds is 4. The number of halogens is 3. The maximum atomic E-state index is 13.4. The zero-order chi connectivity index (χ0) is 26.9. The highest BCUT2D eigenvalue weighted by Crippen LogP contribution is 2.49. The number of nitrogens with zero attached hydrogens (tertiary/aromatic N) is 3. The second-order valence-corrected chi connectivity index (χ2v) is 7.50. The normalized spacial score (nSPS) is 29.5. The topological polar surface area (TPSA) is 9.72 Å². The fraction of sp³-hybridized carbons (Fsp3) is 0.429. The second-order valence-electron chi connectivity index (χ2n) is 6.41. The number of fused-ring (bicyclic) bond motifs is 2. The lowest BCUT2D eigenvalue weighted by Gasteiger charge is -2.35. The first-order valence-electron chi connectivity index (χ1n) is 12.7. The van der Waals surface area contributed by atoms with Crippen LogP contribution >= 0.6 is 11.8 Å². The molecule has 28 heavy (non-hydrogen) atoms. The van der Waals surface area contributed by atoms with Gasteiger partial charge in [-0.3, -0.25) is 0 Å². The van der Waals surface area contributed by atoms with Gasteiger partial charge >= 0.3 is 6.18 Å². The van der Waals surface area contributed by atoms with Crippen molar-refractivity contribution in [3.05, 3.63) is 48.0 Å². The first-order chi connectivity index (χ1) is 16.4. The molecule has 0 unspecified atom stereocenters. The highest BCUT2D eigenvalue weighted by molar-refractivity contribution is 7.99. The molecule has 2 aliphatic heterocycles. The molecule has 0 amide bonds. The molecule has 0 spiro atoms. The standard InChI is InChI=1S/C21H24F3N3S/c1-25-11-13-26(14-12-25)9-4-10-27-17-5-2-3-6-19(17)28-20-8-7-16(15-18(20)27)21(22,23)24/h2-3,5-8,15H,4,9-14H2,1H3/i11D2,12D2,13D2,14D2. The Morgan fingerprint density at radius 3 is 2.43 bits per heavy atom. The molecule has 0 saturated carbocycles. The molecule has 2 aromatic rings. The Labute approximate surface area is 179 Å². The van der Waals surface area contributed by atoms with E-state index in [4.69, 9.17) is 11.0 Å². The van der Waals surface area contributed by atoms with Crippen molar-refractivity contribution in [2.75, 3.05) is 51.0 Å². The molecule has 0 bridgehead atoms. The molecule has 0 atom stereocenters. The monoisotopic (exact) mass is 415 g/mol. The van der Waals surface area contributed by atoms with Gasteiger partial charge in [0, 0.05) is 53.3 Å². The third-order valence-electron chi connectivity index (χ3n) is 4.42. The maximum Gasteiger partial charge on any atom is 0.416 e. The second kappa shape index (κ2) is 7.97. The number of piperazine rings is 1. The highest BCUT2D eigenvalue weighted by atomic mass is 32.2. The Morgan fingerprint density at radius 1 is 0.964 bits per heavy atom. The van der Waals surface area contributed by atoms with Gasteiger partial charge in [-0.05, 0) is 50.3 Å². The molecule has 150 valence electrons. The van der Waals surface area contributed by atoms with Crippen LogP contribution in [-0.4, -0.2) is 55.9 Å². The molecule has 1 fully saturated rings. The van der Waals surface area contributed by atoms with Crippen molar-refractivity contribution in [3.63, 3.8) is 0 Å². The van der Waals surface area contributed by atoms with Crippen molar-refractivity contribution in [1.29, 1.82) is 0 Å². The van der Waals surface area contributed by atoms with E-state index in [0.717, 1.165) is 24.1 Å². The van der Waals surface area contributed by atoms with E-state index in [1.807, 2.05) is 6.07 Å². The Kier molecular flexibility index (Phi) is 3.44. The van der Waals surface area contributed by atoms with Crippen molar-refractivity contribution in [1.82, 2.24) is 9.80 Å². The minimum absolute atomic E-state index is 0.0174. The maximum absolute atomic E-state index is 13.4. The minimum Gasteiger partial charge on any atom is -0.340 e. The number of hydrogen-bond donors (Lipinski definition) is 0. The van der Waals surface area contributed by atoms with Crippen molar-refractivity contribution < 1.29 is 24.1 Å². The van der Waals surface area contributed by atoms with Gasteiger partial charge in [0.25, 0.3) is 0 Å². The molecular formula is C21H24F3N3S. The van der Waals surface area contributed by atoms with Gasteiger partial charge in [-0.1, -0.05) is 23.9 Å². The van der Waals surface area contributed by atoms with Gasteiger partial charge in [0.1, 0.15) is 0 Å². The summed E-state index contributed by atoms with van der Waals surface area (Å²) in [6, 6.07) is 10.6. The molecule has 0 N–H and O–H groups in total. The average Bonchev–Trinajstić information content (AvgIpc) is 2.78. The van der Waals surface area contributed by atoms with Crippen molar-refractivity contribution in [2.24, 2.45) is 0 Å². The zero-order valence-corrected chi connectivity index (χ0v) is 15.9. The summed E-state index contributed by atoms with van der Waals surface area (Å²) in [5, 5.41) is 0. The van der Waals surface area contributed by atoms with Crippen LogP contribution in [0.25, 0.3) is 0 Å². The van der Waals surface area contributed by atoms with Crippen molar-refractivity contribution >= 4 is 23.1 Å². The van der Waals surface area contributed by atoms with Crippen LogP contribution in [0.2, 0.25) is 0 Å². The van der Waals surface area contributed by atoms with E-state index in [1.54, 1.807) is 23.1 Å². The summed E-state index contributed by atoms with van der Waals surface area (Å²) in [4.78, 5) is 4.02. The molecule has 3 nitrogen and oxygen atoms in total. The van der Waals surface area contributed by atoms with Gasteiger partial charge in [0.05, 0.1) is 16.9 Å². The number of anilines is 2. The van der Waals surface area contributed by atoms with Crippen molar-refractivity contribution in [3.8, 4) is 0 Å². The quantitative estimate of drug-likeness (QED) is 0.699. The smallest absolute Gasteiger partial charge is 0.340 e. The van der Waals surface area contributed by atoms with E-state index >= 15 is 0 Å². The summed E-state index contributed by atoms with van der Waals surface area (Å²) in [7, 11) is 0.991. The predicted octanol–water partition coefficient (Wildman–Crippen LogP) is 4.95. The van der Waals surface area contributed by atoms with Crippen LogP contribution in [0, 0.1) is 0 Å². The van der Waals surface area contributed by atoms with Crippen LogP contribution in [0.3, 0.4) is 0 Å². The molecular weight excluding hydrogens is 383 g/mol. The van der Waals surface area contributed by atoms with Crippen LogP contribution in [-0.2, 0) is 6.18 Å². The van der Waals surface area contributed by atoms with Gasteiger partial charge in [0.2, 0.25) is 0 Å². The molecule has 7 heteroatoms. The Balaban J connectivity index is 1.66. The first kappa shape index (κ1) is 12.1. The fourth-order valence-electron chi connectivity index (χ4n) is 3.07. The van der Waals surface area contributed by atoms with Crippen LogP contribution in [0.5, 0.6) is 0 Å². The third kappa shape index (κ3) is 4.16. The predicted molar refractivity (Wildman–Crippen MR) is 108 cm³/mol. The van der Waals surface area contributed by atoms with Crippen LogP contribution in [0.4, 0.5) is 24.5 Å². The summed E-state index contributed by atoms with van der Waals surface area (Å²) in [6.07, 6.45) is -4.53. The van der Waals surface area contributed by atoms with Gasteiger partial charge in [-0.25, -0.2) is 0 Å². The molecule has 1 saturated heterocycles. The fourth-order valence-corrected chi connectivity index (χ4v) is 4.15. The lowest BCUT2D eigenvalue weighted by Crippen LogP contribution is -2.45. The first-order valence-corrected chi connectivity index (χ1v) is 9.53. The van der Waals surface area contributed by atoms with E-state index in [9.17, 15) is 13.2 Å². The van der Waals surface area contributed by atoms with Crippen LogP contribution < -0.4 is 4.90 Å². The Bertz CT molecular complexity index is 1130. The largest absolute Gasteiger partial charge is 0.416 e. The molecule has 0 aliphatic carbocycles. The van der Waals surface area contributed by atoms with Gasteiger partial charge in [0.15, 0.2) is 0 Å². The van der Waals surface area contributed by atoms with Crippen LogP contribution in [0.15, 0.2) is 52.3 Å². The minimum atomic E-state index is -4.55. The van der Waals surface area contributed by atoms with Gasteiger partial charge in [-0.2, -0.15) is 13.2 Å². The number of hydrogen-bond acceptors (Lipinski definition) is 4. The van der Waals surface area contributed by atoms with Crippen molar-refractivity contribution in [2.45, 2.75) is 22.4 Å². The zero-order valence-electron chi connectivity index (χ0n) is 23.0. The molecule has 0 aromatic heterocycles. The summed E-state index contributed by atoms with van der Waals surface area (Å²) >= 11 is 1.32. The number of likely N-dealkylation sites (N-methyl/N-ethyl adjacent to an activating group) is 1. The molecule has 2 aliphatic rings.